The lowest BCUT2D eigenvalue weighted by Gasteiger charge is -2.05. The van der Waals surface area contributed by atoms with E-state index in [9.17, 15) is 4.79 Å². The fourth-order valence-electron chi connectivity index (χ4n) is 2.73. The number of nitrogens with one attached hydrogen (secondary N) is 1. The van der Waals surface area contributed by atoms with Gasteiger partial charge in [-0.3, -0.25) is 9.48 Å². The zero-order valence-corrected chi connectivity index (χ0v) is 14.2. The summed E-state index contributed by atoms with van der Waals surface area (Å²) in [5, 5.41) is 7.38. The molecule has 5 nitrogen and oxygen atoms in total. The van der Waals surface area contributed by atoms with Crippen molar-refractivity contribution < 1.29 is 9.53 Å². The molecule has 1 N–H and O–H groups in total. The number of hydrogen-bond donors (Lipinski definition) is 1. The quantitative estimate of drug-likeness (QED) is 0.769. The molecular formula is C19H25N3O2. The molecule has 0 atom stereocenters. The summed E-state index contributed by atoms with van der Waals surface area (Å²) in [6.07, 6.45) is 9.05. The Morgan fingerprint density at radius 3 is 2.79 bits per heavy atom. The van der Waals surface area contributed by atoms with Crippen molar-refractivity contribution in [3.63, 3.8) is 0 Å². The zero-order chi connectivity index (χ0) is 16.8. The molecule has 1 aromatic heterocycles. The van der Waals surface area contributed by atoms with E-state index >= 15 is 0 Å². The summed E-state index contributed by atoms with van der Waals surface area (Å²) in [5.74, 6) is 1.86. The third-order valence-electron chi connectivity index (χ3n) is 4.42. The predicted molar refractivity (Wildman–Crippen MR) is 93.8 cm³/mol. The van der Waals surface area contributed by atoms with Gasteiger partial charge in [-0.05, 0) is 36.5 Å². The molecule has 0 unspecified atom stereocenters. The van der Waals surface area contributed by atoms with Crippen molar-refractivity contribution in [3.05, 3.63) is 36.7 Å². The number of methoxy groups -OCH3 is 1. The van der Waals surface area contributed by atoms with Crippen LogP contribution in [-0.4, -0.2) is 29.3 Å². The van der Waals surface area contributed by atoms with Gasteiger partial charge in [-0.15, -0.1) is 0 Å². The lowest BCUT2D eigenvalue weighted by atomic mass is 10.1. The van der Waals surface area contributed by atoms with E-state index in [1.165, 1.54) is 12.8 Å². The number of benzene rings is 1. The third-order valence-corrected chi connectivity index (χ3v) is 4.42. The van der Waals surface area contributed by atoms with E-state index in [0.29, 0.717) is 6.42 Å². The first-order chi connectivity index (χ1) is 11.7. The molecule has 1 aromatic carbocycles. The first kappa shape index (κ1) is 16.6. The van der Waals surface area contributed by atoms with Gasteiger partial charge < -0.3 is 10.1 Å². The van der Waals surface area contributed by atoms with Crippen LogP contribution in [0.5, 0.6) is 5.75 Å². The van der Waals surface area contributed by atoms with Gasteiger partial charge in [0.05, 0.1) is 13.3 Å². The van der Waals surface area contributed by atoms with Crippen molar-refractivity contribution in [3.8, 4) is 16.9 Å². The van der Waals surface area contributed by atoms with Gasteiger partial charge in [0.15, 0.2) is 0 Å². The lowest BCUT2D eigenvalue weighted by Crippen LogP contribution is -2.24. The number of amides is 1. The highest BCUT2D eigenvalue weighted by molar-refractivity contribution is 5.75. The molecule has 24 heavy (non-hydrogen) atoms. The molecule has 0 saturated heterocycles. The molecule has 1 amide bonds. The number of nitrogens with zero attached hydrogens (tertiary/aromatic N) is 2. The molecule has 0 spiro atoms. The Balaban J connectivity index is 1.41. The van der Waals surface area contributed by atoms with Crippen LogP contribution < -0.4 is 10.1 Å². The smallest absolute Gasteiger partial charge is 0.220 e. The number of aryl methyl sites for hydroxylation is 1. The predicted octanol–water partition coefficient (Wildman–Crippen LogP) is 3.26. The first-order valence-corrected chi connectivity index (χ1v) is 8.68. The van der Waals surface area contributed by atoms with E-state index in [-0.39, 0.29) is 5.91 Å². The lowest BCUT2D eigenvalue weighted by molar-refractivity contribution is -0.121. The number of hydrogen-bond acceptors (Lipinski definition) is 3. The zero-order valence-electron chi connectivity index (χ0n) is 14.2. The topological polar surface area (TPSA) is 56.2 Å². The molecule has 1 fully saturated rings. The highest BCUT2D eigenvalue weighted by atomic mass is 16.5. The number of carbonyl (C=O) groups excluding carboxylic acids is 1. The van der Waals surface area contributed by atoms with Crippen molar-refractivity contribution in [2.24, 2.45) is 5.92 Å². The van der Waals surface area contributed by atoms with Gasteiger partial charge in [-0.25, -0.2) is 0 Å². The normalized spacial score (nSPS) is 13.7. The summed E-state index contributed by atoms with van der Waals surface area (Å²) in [7, 11) is 1.66. The van der Waals surface area contributed by atoms with Crippen molar-refractivity contribution in [1.82, 2.24) is 15.1 Å². The molecular weight excluding hydrogens is 302 g/mol. The Kier molecular flexibility index (Phi) is 5.51. The van der Waals surface area contributed by atoms with Gasteiger partial charge in [-0.2, -0.15) is 5.10 Å². The molecule has 0 aliphatic heterocycles. The van der Waals surface area contributed by atoms with Crippen LogP contribution in [-0.2, 0) is 11.3 Å². The summed E-state index contributed by atoms with van der Waals surface area (Å²) in [4.78, 5) is 11.8. The number of rotatable bonds is 9. The molecule has 0 bridgehead atoms. The summed E-state index contributed by atoms with van der Waals surface area (Å²) < 4.78 is 7.07. The third kappa shape index (κ3) is 4.85. The molecule has 2 aromatic rings. The van der Waals surface area contributed by atoms with Gasteiger partial charge in [0, 0.05) is 31.3 Å². The van der Waals surface area contributed by atoms with Crippen molar-refractivity contribution in [1.29, 1.82) is 0 Å². The van der Waals surface area contributed by atoms with Crippen molar-refractivity contribution in [2.75, 3.05) is 13.7 Å². The Morgan fingerprint density at radius 1 is 1.29 bits per heavy atom. The van der Waals surface area contributed by atoms with E-state index in [0.717, 1.165) is 48.7 Å². The molecule has 1 aliphatic carbocycles. The minimum absolute atomic E-state index is 0.151. The second-order valence-electron chi connectivity index (χ2n) is 6.41. The molecule has 3 rings (SSSR count). The summed E-state index contributed by atoms with van der Waals surface area (Å²) in [5.41, 5.74) is 2.19. The van der Waals surface area contributed by atoms with Gasteiger partial charge in [0.25, 0.3) is 0 Å². The Hall–Kier alpha value is -2.30. The van der Waals surface area contributed by atoms with Crippen LogP contribution in [0.3, 0.4) is 0 Å². The fourth-order valence-corrected chi connectivity index (χ4v) is 2.73. The average molecular weight is 327 g/mol. The van der Waals surface area contributed by atoms with Gasteiger partial charge in [0.2, 0.25) is 5.91 Å². The summed E-state index contributed by atoms with van der Waals surface area (Å²) in [6.45, 7) is 1.58. The standard InChI is InChI=1S/C19H25N3O2/c1-24-18-8-6-16(7-9-18)17-13-21-22(14-17)12-2-3-19(23)20-11-10-15-4-5-15/h6-9,13-15H,2-5,10-12H2,1H3,(H,20,23). The minimum Gasteiger partial charge on any atom is -0.497 e. The maximum atomic E-state index is 11.8. The highest BCUT2D eigenvalue weighted by Gasteiger charge is 2.20. The van der Waals surface area contributed by atoms with Crippen LogP contribution in [0.2, 0.25) is 0 Å². The molecule has 1 heterocycles. The van der Waals surface area contributed by atoms with Crippen LogP contribution in [0.25, 0.3) is 11.1 Å². The van der Waals surface area contributed by atoms with Crippen LogP contribution in [0.1, 0.15) is 32.1 Å². The van der Waals surface area contributed by atoms with Crippen LogP contribution in [0.4, 0.5) is 0 Å². The SMILES string of the molecule is COc1ccc(-c2cnn(CCCC(=O)NCCC3CC3)c2)cc1. The maximum absolute atomic E-state index is 11.8. The maximum Gasteiger partial charge on any atom is 0.220 e. The van der Waals surface area contributed by atoms with Crippen molar-refractivity contribution in [2.45, 2.75) is 38.6 Å². The monoisotopic (exact) mass is 327 g/mol. The average Bonchev–Trinajstić information content (AvgIpc) is 3.31. The molecule has 1 aliphatic rings. The second-order valence-corrected chi connectivity index (χ2v) is 6.41. The Labute approximate surface area is 143 Å². The van der Waals surface area contributed by atoms with Crippen LogP contribution in [0.15, 0.2) is 36.7 Å². The van der Waals surface area contributed by atoms with Gasteiger partial charge in [0.1, 0.15) is 5.75 Å². The van der Waals surface area contributed by atoms with E-state index in [2.05, 4.69) is 10.4 Å². The molecule has 5 heteroatoms. The number of ether oxygens (including phenoxy) is 1. The molecule has 0 radical (unpaired) electrons. The van der Waals surface area contributed by atoms with E-state index in [1.807, 2.05) is 41.3 Å². The molecule has 128 valence electrons. The van der Waals surface area contributed by atoms with E-state index in [4.69, 9.17) is 4.74 Å². The second kappa shape index (κ2) is 7.99. The largest absolute Gasteiger partial charge is 0.497 e. The molecule has 1 saturated carbocycles. The summed E-state index contributed by atoms with van der Waals surface area (Å²) >= 11 is 0. The van der Waals surface area contributed by atoms with Gasteiger partial charge in [-0.1, -0.05) is 25.0 Å². The fraction of sp³-hybridized carbons (Fsp3) is 0.474. The van der Waals surface area contributed by atoms with Crippen LogP contribution in [0, 0.1) is 5.92 Å². The van der Waals surface area contributed by atoms with E-state index in [1.54, 1.807) is 7.11 Å². The van der Waals surface area contributed by atoms with Gasteiger partial charge >= 0.3 is 0 Å². The minimum atomic E-state index is 0.151. The Bertz CT molecular complexity index is 660. The summed E-state index contributed by atoms with van der Waals surface area (Å²) in [6, 6.07) is 7.93. The number of carbonyl (C=O) groups is 1. The highest BCUT2D eigenvalue weighted by Crippen LogP contribution is 2.31. The van der Waals surface area contributed by atoms with Crippen molar-refractivity contribution >= 4 is 5.91 Å². The Morgan fingerprint density at radius 2 is 2.08 bits per heavy atom. The first-order valence-electron chi connectivity index (χ1n) is 8.68. The van der Waals surface area contributed by atoms with Crippen LogP contribution >= 0.6 is 0 Å². The number of aromatic nitrogens is 2. The van der Waals surface area contributed by atoms with E-state index < -0.39 is 0 Å².